The van der Waals surface area contributed by atoms with Crippen LogP contribution in [0.25, 0.3) is 0 Å². The smallest absolute Gasteiger partial charge is 0.311 e. The summed E-state index contributed by atoms with van der Waals surface area (Å²) >= 11 is 0. The highest BCUT2D eigenvalue weighted by atomic mass is 16.4. The Morgan fingerprint density at radius 2 is 1.95 bits per heavy atom. The zero-order valence-corrected chi connectivity index (χ0v) is 12.6. The van der Waals surface area contributed by atoms with E-state index >= 15 is 0 Å². The lowest BCUT2D eigenvalue weighted by molar-refractivity contribution is -0.148. The first kappa shape index (κ1) is 16.2. The summed E-state index contributed by atoms with van der Waals surface area (Å²) in [5, 5.41) is 11.9. The highest BCUT2D eigenvalue weighted by Gasteiger charge is 2.31. The molecule has 0 aliphatic carbocycles. The van der Waals surface area contributed by atoms with Crippen molar-refractivity contribution in [2.45, 2.75) is 40.5 Å². The van der Waals surface area contributed by atoms with Crippen molar-refractivity contribution in [1.82, 2.24) is 5.32 Å². The van der Waals surface area contributed by atoms with Crippen molar-refractivity contribution in [3.63, 3.8) is 0 Å². The zero-order chi connectivity index (χ0) is 15.3. The number of benzene rings is 1. The van der Waals surface area contributed by atoms with E-state index in [-0.39, 0.29) is 18.9 Å². The van der Waals surface area contributed by atoms with Gasteiger partial charge in [0.15, 0.2) is 0 Å². The van der Waals surface area contributed by atoms with Crippen molar-refractivity contribution in [1.29, 1.82) is 0 Å². The number of rotatable bonds is 6. The van der Waals surface area contributed by atoms with Crippen molar-refractivity contribution in [3.05, 3.63) is 34.9 Å². The molecule has 1 aromatic rings. The van der Waals surface area contributed by atoms with Crippen LogP contribution < -0.4 is 5.32 Å². The van der Waals surface area contributed by atoms with Gasteiger partial charge < -0.3 is 10.4 Å². The zero-order valence-electron chi connectivity index (χ0n) is 12.6. The lowest BCUT2D eigenvalue weighted by atomic mass is 9.87. The van der Waals surface area contributed by atoms with Crippen LogP contribution in [0.1, 0.15) is 37.0 Å². The van der Waals surface area contributed by atoms with Gasteiger partial charge in [-0.05, 0) is 38.3 Å². The number of carbonyl (C=O) groups excluding carboxylic acids is 1. The maximum absolute atomic E-state index is 12.0. The Balaban J connectivity index is 2.65. The van der Waals surface area contributed by atoms with Crippen LogP contribution in [0, 0.1) is 19.3 Å². The van der Waals surface area contributed by atoms with Crippen LogP contribution in [0.4, 0.5) is 0 Å². The van der Waals surface area contributed by atoms with Gasteiger partial charge in [-0.3, -0.25) is 9.59 Å². The molecule has 4 nitrogen and oxygen atoms in total. The second-order valence-electron chi connectivity index (χ2n) is 5.60. The van der Waals surface area contributed by atoms with E-state index in [2.05, 4.69) is 5.32 Å². The molecular formula is C16H23NO3. The summed E-state index contributed by atoms with van der Waals surface area (Å²) in [6, 6.07) is 5.99. The minimum absolute atomic E-state index is 0.139. The Kier molecular flexibility index (Phi) is 5.31. The summed E-state index contributed by atoms with van der Waals surface area (Å²) in [4.78, 5) is 23.1. The molecule has 0 saturated carbocycles. The van der Waals surface area contributed by atoms with Gasteiger partial charge in [-0.25, -0.2) is 0 Å². The Bertz CT molecular complexity index is 510. The summed E-state index contributed by atoms with van der Waals surface area (Å²) in [5.74, 6) is -1.02. The maximum Gasteiger partial charge on any atom is 0.311 e. The van der Waals surface area contributed by atoms with Gasteiger partial charge in [0.2, 0.25) is 5.91 Å². The molecule has 20 heavy (non-hydrogen) atoms. The molecule has 1 rings (SSSR count). The first-order chi connectivity index (χ1) is 9.28. The average molecular weight is 277 g/mol. The largest absolute Gasteiger partial charge is 0.481 e. The molecule has 0 aliphatic rings. The van der Waals surface area contributed by atoms with Crippen LogP contribution in [-0.2, 0) is 16.0 Å². The molecule has 110 valence electrons. The number of carbonyl (C=O) groups is 2. The molecule has 0 saturated heterocycles. The van der Waals surface area contributed by atoms with Crippen molar-refractivity contribution in [3.8, 4) is 0 Å². The summed E-state index contributed by atoms with van der Waals surface area (Å²) in [6.45, 7) is 7.57. The number of aliphatic carboxylic acids is 1. The molecule has 1 amide bonds. The Morgan fingerprint density at radius 3 is 2.50 bits per heavy atom. The molecular weight excluding hydrogens is 254 g/mol. The first-order valence-corrected chi connectivity index (χ1v) is 6.84. The lowest BCUT2D eigenvalue weighted by Gasteiger charge is -2.23. The molecule has 0 radical (unpaired) electrons. The van der Waals surface area contributed by atoms with Crippen LogP contribution >= 0.6 is 0 Å². The van der Waals surface area contributed by atoms with Crippen LogP contribution in [0.3, 0.4) is 0 Å². The third-order valence-corrected chi connectivity index (χ3v) is 3.83. The SMILES string of the molecule is CCC(C)(CNC(=O)Cc1cc(C)ccc1C)C(=O)O. The normalized spacial score (nSPS) is 13.6. The van der Waals surface area contributed by atoms with E-state index in [9.17, 15) is 9.59 Å². The number of carboxylic acids is 1. The standard InChI is InChI=1S/C16H23NO3/c1-5-16(4,15(19)20)10-17-14(18)9-13-8-11(2)6-7-12(13)3/h6-8H,5,9-10H2,1-4H3,(H,17,18)(H,19,20). The predicted molar refractivity (Wildman–Crippen MR) is 78.7 cm³/mol. The molecule has 0 aromatic heterocycles. The predicted octanol–water partition coefficient (Wildman–Crippen LogP) is 2.46. The van der Waals surface area contributed by atoms with E-state index in [0.29, 0.717) is 6.42 Å². The number of carboxylic acid groups (broad SMARTS) is 1. The van der Waals surface area contributed by atoms with E-state index in [1.54, 1.807) is 6.92 Å². The van der Waals surface area contributed by atoms with Crippen LogP contribution in [0.5, 0.6) is 0 Å². The minimum atomic E-state index is -0.905. The highest BCUT2D eigenvalue weighted by molar-refractivity contribution is 5.80. The number of nitrogens with one attached hydrogen (secondary N) is 1. The van der Waals surface area contributed by atoms with Gasteiger partial charge in [0, 0.05) is 6.54 Å². The molecule has 0 fully saturated rings. The number of hydrogen-bond donors (Lipinski definition) is 2. The molecule has 4 heteroatoms. The Labute approximate surface area is 120 Å². The average Bonchev–Trinajstić information content (AvgIpc) is 2.40. The monoisotopic (exact) mass is 277 g/mol. The summed E-state index contributed by atoms with van der Waals surface area (Å²) in [7, 11) is 0. The summed E-state index contributed by atoms with van der Waals surface area (Å²) in [6.07, 6.45) is 0.763. The van der Waals surface area contributed by atoms with Crippen molar-refractivity contribution >= 4 is 11.9 Å². The maximum atomic E-state index is 12.0. The van der Waals surface area contributed by atoms with Gasteiger partial charge >= 0.3 is 5.97 Å². The molecule has 0 heterocycles. The Hall–Kier alpha value is -1.84. The van der Waals surface area contributed by atoms with Gasteiger partial charge in [-0.2, -0.15) is 0 Å². The molecule has 0 spiro atoms. The third-order valence-electron chi connectivity index (χ3n) is 3.83. The summed E-state index contributed by atoms with van der Waals surface area (Å²) < 4.78 is 0. The van der Waals surface area contributed by atoms with Crippen molar-refractivity contribution in [2.24, 2.45) is 5.41 Å². The second kappa shape index (κ2) is 6.55. The van der Waals surface area contributed by atoms with Crippen LogP contribution in [-0.4, -0.2) is 23.5 Å². The molecule has 1 unspecified atom stereocenters. The fourth-order valence-corrected chi connectivity index (χ4v) is 1.87. The summed E-state index contributed by atoms with van der Waals surface area (Å²) in [5.41, 5.74) is 2.26. The van der Waals surface area contributed by atoms with Crippen LogP contribution in [0.15, 0.2) is 18.2 Å². The van der Waals surface area contributed by atoms with Gasteiger partial charge in [0.05, 0.1) is 11.8 Å². The van der Waals surface area contributed by atoms with E-state index in [1.807, 2.05) is 39.0 Å². The first-order valence-electron chi connectivity index (χ1n) is 6.84. The lowest BCUT2D eigenvalue weighted by Crippen LogP contribution is -2.41. The van der Waals surface area contributed by atoms with Gasteiger partial charge in [-0.15, -0.1) is 0 Å². The van der Waals surface area contributed by atoms with E-state index in [4.69, 9.17) is 5.11 Å². The fraction of sp³-hybridized carbons (Fsp3) is 0.500. The van der Waals surface area contributed by atoms with Gasteiger partial charge in [-0.1, -0.05) is 30.7 Å². The fourth-order valence-electron chi connectivity index (χ4n) is 1.87. The number of amides is 1. The highest BCUT2D eigenvalue weighted by Crippen LogP contribution is 2.20. The van der Waals surface area contributed by atoms with Crippen LogP contribution in [0.2, 0.25) is 0 Å². The van der Waals surface area contributed by atoms with Gasteiger partial charge in [0.25, 0.3) is 0 Å². The molecule has 0 aliphatic heterocycles. The second-order valence-corrected chi connectivity index (χ2v) is 5.60. The molecule has 1 aromatic carbocycles. The molecule has 2 N–H and O–H groups in total. The number of hydrogen-bond acceptors (Lipinski definition) is 2. The van der Waals surface area contributed by atoms with E-state index < -0.39 is 11.4 Å². The quantitative estimate of drug-likeness (QED) is 0.839. The van der Waals surface area contributed by atoms with Crippen molar-refractivity contribution in [2.75, 3.05) is 6.54 Å². The number of aryl methyl sites for hydroxylation is 2. The molecule has 0 bridgehead atoms. The topological polar surface area (TPSA) is 66.4 Å². The van der Waals surface area contributed by atoms with E-state index in [0.717, 1.165) is 16.7 Å². The Morgan fingerprint density at radius 1 is 1.30 bits per heavy atom. The van der Waals surface area contributed by atoms with Gasteiger partial charge in [0.1, 0.15) is 0 Å². The van der Waals surface area contributed by atoms with E-state index in [1.165, 1.54) is 0 Å². The molecule has 1 atom stereocenters. The van der Waals surface area contributed by atoms with Crippen molar-refractivity contribution < 1.29 is 14.7 Å². The third kappa shape index (κ3) is 4.08. The minimum Gasteiger partial charge on any atom is -0.481 e.